The molecule has 0 radical (unpaired) electrons. The molecule has 88 valence electrons. The van der Waals surface area contributed by atoms with Gasteiger partial charge >= 0.3 is 0 Å². The van der Waals surface area contributed by atoms with Crippen LogP contribution in [-0.4, -0.2) is 12.5 Å². The second kappa shape index (κ2) is 4.72. The molecule has 1 unspecified atom stereocenters. The molecule has 0 saturated carbocycles. The van der Waals surface area contributed by atoms with Crippen LogP contribution in [0.2, 0.25) is 5.02 Å². The van der Waals surface area contributed by atoms with E-state index in [4.69, 9.17) is 18.0 Å². The Labute approximate surface area is 114 Å². The molecular weight excluding hydrogens is 302 g/mol. The van der Waals surface area contributed by atoms with Gasteiger partial charge in [-0.25, -0.2) is 0 Å². The van der Waals surface area contributed by atoms with Crippen LogP contribution in [0.25, 0.3) is 0 Å². The predicted molar refractivity (Wildman–Crippen MR) is 73.2 cm³/mol. The van der Waals surface area contributed by atoms with E-state index in [0.29, 0.717) is 18.0 Å². The normalized spacial score (nSPS) is 19.5. The van der Waals surface area contributed by atoms with Gasteiger partial charge in [-0.1, -0.05) is 11.6 Å². The van der Waals surface area contributed by atoms with Gasteiger partial charge in [-0.15, -0.1) is 12.3 Å². The highest BCUT2D eigenvalue weighted by Gasteiger charge is 2.31. The standard InChI is InChI=1S/C13H11BrClNO/c1-3-9-6-12(17)16(7-9)13-10(14)4-8(2)5-11(13)15/h1,4-5,9H,6-7H2,2H3. The molecule has 2 rings (SSSR count). The second-order valence-electron chi connectivity index (χ2n) is 4.15. The van der Waals surface area contributed by atoms with Crippen LogP contribution in [0.1, 0.15) is 12.0 Å². The number of rotatable bonds is 1. The molecule has 1 aliphatic rings. The van der Waals surface area contributed by atoms with Crippen molar-refractivity contribution in [3.05, 3.63) is 27.2 Å². The van der Waals surface area contributed by atoms with Gasteiger partial charge in [-0.3, -0.25) is 4.79 Å². The van der Waals surface area contributed by atoms with Gasteiger partial charge in [0.1, 0.15) is 0 Å². The topological polar surface area (TPSA) is 20.3 Å². The summed E-state index contributed by atoms with van der Waals surface area (Å²) < 4.78 is 0.827. The molecule has 1 aromatic rings. The summed E-state index contributed by atoms with van der Waals surface area (Å²) in [6.07, 6.45) is 5.76. The highest BCUT2D eigenvalue weighted by molar-refractivity contribution is 9.10. The van der Waals surface area contributed by atoms with Crippen molar-refractivity contribution in [1.29, 1.82) is 0 Å². The number of aryl methyl sites for hydroxylation is 1. The minimum absolute atomic E-state index is 0.0215. The maximum Gasteiger partial charge on any atom is 0.228 e. The van der Waals surface area contributed by atoms with Crippen molar-refractivity contribution in [2.24, 2.45) is 5.92 Å². The van der Waals surface area contributed by atoms with E-state index >= 15 is 0 Å². The number of benzene rings is 1. The number of terminal acetylenes is 1. The molecule has 0 aromatic heterocycles. The number of amides is 1. The highest BCUT2D eigenvalue weighted by Crippen LogP contribution is 2.38. The monoisotopic (exact) mass is 311 g/mol. The molecule has 1 heterocycles. The van der Waals surface area contributed by atoms with Gasteiger partial charge in [-0.05, 0) is 40.5 Å². The minimum atomic E-state index is -0.0215. The average Bonchev–Trinajstić information content (AvgIpc) is 2.59. The van der Waals surface area contributed by atoms with Crippen LogP contribution < -0.4 is 4.90 Å². The van der Waals surface area contributed by atoms with Crippen molar-refractivity contribution in [3.8, 4) is 12.3 Å². The fourth-order valence-corrected chi connectivity index (χ4v) is 3.26. The smallest absolute Gasteiger partial charge is 0.228 e. The first-order valence-electron chi connectivity index (χ1n) is 5.25. The molecule has 0 bridgehead atoms. The molecule has 1 aliphatic heterocycles. The Morgan fingerprint density at radius 2 is 2.29 bits per heavy atom. The number of hydrogen-bond acceptors (Lipinski definition) is 1. The summed E-state index contributed by atoms with van der Waals surface area (Å²) in [7, 11) is 0. The van der Waals surface area contributed by atoms with Gasteiger partial charge in [0.25, 0.3) is 0 Å². The molecule has 0 N–H and O–H groups in total. The van der Waals surface area contributed by atoms with Crippen LogP contribution >= 0.6 is 27.5 Å². The van der Waals surface area contributed by atoms with E-state index in [2.05, 4.69) is 21.9 Å². The van der Waals surface area contributed by atoms with E-state index in [0.717, 1.165) is 15.7 Å². The second-order valence-corrected chi connectivity index (χ2v) is 5.41. The maximum atomic E-state index is 11.9. The van der Waals surface area contributed by atoms with Crippen molar-refractivity contribution in [2.75, 3.05) is 11.4 Å². The fraction of sp³-hybridized carbons (Fsp3) is 0.308. The van der Waals surface area contributed by atoms with Crippen LogP contribution in [0.4, 0.5) is 5.69 Å². The van der Waals surface area contributed by atoms with E-state index in [1.165, 1.54) is 0 Å². The van der Waals surface area contributed by atoms with Crippen LogP contribution in [0.15, 0.2) is 16.6 Å². The van der Waals surface area contributed by atoms with Crippen molar-refractivity contribution in [3.63, 3.8) is 0 Å². The molecule has 0 spiro atoms. The Morgan fingerprint density at radius 3 is 2.82 bits per heavy atom. The van der Waals surface area contributed by atoms with Gasteiger partial charge in [0.2, 0.25) is 5.91 Å². The molecular formula is C13H11BrClNO. The van der Waals surface area contributed by atoms with Gasteiger partial charge in [0.05, 0.1) is 10.7 Å². The molecule has 1 fully saturated rings. The Hall–Kier alpha value is -0.980. The summed E-state index contributed by atoms with van der Waals surface area (Å²) in [5, 5.41) is 0.572. The summed E-state index contributed by atoms with van der Waals surface area (Å²) in [6.45, 7) is 2.49. The number of anilines is 1. The fourth-order valence-electron chi connectivity index (χ4n) is 1.99. The zero-order chi connectivity index (χ0) is 12.6. The molecule has 1 saturated heterocycles. The lowest BCUT2D eigenvalue weighted by atomic mass is 10.1. The number of carbonyl (C=O) groups excluding carboxylic acids is 1. The SMILES string of the molecule is C#CC1CC(=O)N(c2c(Cl)cc(C)cc2Br)C1. The van der Waals surface area contributed by atoms with E-state index in [1.54, 1.807) is 4.90 Å². The highest BCUT2D eigenvalue weighted by atomic mass is 79.9. The van der Waals surface area contributed by atoms with Crippen LogP contribution in [0.3, 0.4) is 0 Å². The van der Waals surface area contributed by atoms with E-state index in [1.807, 2.05) is 19.1 Å². The summed E-state index contributed by atoms with van der Waals surface area (Å²) in [5.74, 6) is 2.63. The lowest BCUT2D eigenvalue weighted by molar-refractivity contribution is -0.117. The maximum absolute atomic E-state index is 11.9. The number of halogens is 2. The zero-order valence-corrected chi connectivity index (χ0v) is 11.7. The van der Waals surface area contributed by atoms with E-state index < -0.39 is 0 Å². The molecule has 1 amide bonds. The first-order chi connectivity index (χ1) is 8.02. The van der Waals surface area contributed by atoms with Gasteiger partial charge in [-0.2, -0.15) is 0 Å². The van der Waals surface area contributed by atoms with Crippen LogP contribution in [-0.2, 0) is 4.79 Å². The summed E-state index contributed by atoms with van der Waals surface area (Å²) in [5.41, 5.74) is 1.77. The first kappa shape index (κ1) is 12.5. The molecule has 0 aliphatic carbocycles. The largest absolute Gasteiger partial charge is 0.309 e. The Balaban J connectivity index is 2.42. The van der Waals surface area contributed by atoms with Crippen LogP contribution in [0, 0.1) is 25.2 Å². The number of hydrogen-bond donors (Lipinski definition) is 0. The Bertz CT molecular complexity index is 498. The average molecular weight is 313 g/mol. The molecule has 17 heavy (non-hydrogen) atoms. The van der Waals surface area contributed by atoms with Gasteiger partial charge in [0.15, 0.2) is 0 Å². The summed E-state index contributed by atoms with van der Waals surface area (Å²) in [4.78, 5) is 13.5. The molecule has 1 atom stereocenters. The van der Waals surface area contributed by atoms with E-state index in [9.17, 15) is 4.79 Å². The third-order valence-electron chi connectivity index (χ3n) is 2.79. The van der Waals surface area contributed by atoms with Gasteiger partial charge in [0, 0.05) is 23.4 Å². The third kappa shape index (κ3) is 2.34. The zero-order valence-electron chi connectivity index (χ0n) is 9.34. The molecule has 2 nitrogen and oxygen atoms in total. The predicted octanol–water partition coefficient (Wildman–Crippen LogP) is 3.40. The van der Waals surface area contributed by atoms with Crippen molar-refractivity contribution in [1.82, 2.24) is 0 Å². The first-order valence-corrected chi connectivity index (χ1v) is 6.42. The Morgan fingerprint density at radius 1 is 1.59 bits per heavy atom. The number of nitrogens with zero attached hydrogens (tertiary/aromatic N) is 1. The van der Waals surface area contributed by atoms with Gasteiger partial charge < -0.3 is 4.90 Å². The summed E-state index contributed by atoms with van der Waals surface area (Å²) >= 11 is 9.64. The van der Waals surface area contributed by atoms with Crippen molar-refractivity contribution >= 4 is 39.1 Å². The minimum Gasteiger partial charge on any atom is -0.309 e. The van der Waals surface area contributed by atoms with Crippen molar-refractivity contribution in [2.45, 2.75) is 13.3 Å². The van der Waals surface area contributed by atoms with Crippen LogP contribution in [0.5, 0.6) is 0 Å². The molecule has 1 aromatic carbocycles. The lowest BCUT2D eigenvalue weighted by Gasteiger charge is -2.19. The quantitative estimate of drug-likeness (QED) is 0.728. The Kier molecular flexibility index (Phi) is 3.46. The van der Waals surface area contributed by atoms with E-state index in [-0.39, 0.29) is 11.8 Å². The third-order valence-corrected chi connectivity index (χ3v) is 3.68. The molecule has 4 heteroatoms. The van der Waals surface area contributed by atoms with Crippen molar-refractivity contribution < 1.29 is 4.79 Å². The lowest BCUT2D eigenvalue weighted by Crippen LogP contribution is -2.25. The number of carbonyl (C=O) groups is 1. The summed E-state index contributed by atoms with van der Waals surface area (Å²) in [6, 6.07) is 3.79.